The second-order valence-corrected chi connectivity index (χ2v) is 10.2. The Morgan fingerprint density at radius 2 is 1.82 bits per heavy atom. The highest BCUT2D eigenvalue weighted by molar-refractivity contribution is 6.01. The predicted octanol–water partition coefficient (Wildman–Crippen LogP) is 5.16. The van der Waals surface area contributed by atoms with Gasteiger partial charge in [-0.15, -0.1) is 0 Å². The Kier molecular flexibility index (Phi) is 6.99. The van der Waals surface area contributed by atoms with Crippen LogP contribution in [0, 0.1) is 12.3 Å². The number of nitrogens with two attached hydrogens (primary N) is 1. The molecule has 0 spiro atoms. The van der Waals surface area contributed by atoms with Crippen LogP contribution in [0.5, 0.6) is 0 Å². The summed E-state index contributed by atoms with van der Waals surface area (Å²) in [5.41, 5.74) is 12.4. The summed E-state index contributed by atoms with van der Waals surface area (Å²) in [5.74, 6) is 0.905. The number of hydrogen-bond donors (Lipinski definition) is 2. The summed E-state index contributed by atoms with van der Waals surface area (Å²) in [5, 5.41) is 9.93. The summed E-state index contributed by atoms with van der Waals surface area (Å²) in [4.78, 5) is 17.7. The van der Waals surface area contributed by atoms with Gasteiger partial charge in [0.15, 0.2) is 0 Å². The quantitative estimate of drug-likeness (QED) is 0.629. The number of aliphatic hydroxyl groups excluding tert-OH is 1. The predicted molar refractivity (Wildman–Crippen MR) is 134 cm³/mol. The van der Waals surface area contributed by atoms with E-state index in [1.54, 1.807) is 0 Å². The van der Waals surface area contributed by atoms with Crippen LogP contribution in [0.2, 0.25) is 0 Å². The maximum absolute atomic E-state index is 12.9. The van der Waals surface area contributed by atoms with Crippen molar-refractivity contribution < 1.29 is 9.90 Å². The van der Waals surface area contributed by atoms with Crippen molar-refractivity contribution in [3.63, 3.8) is 0 Å². The number of hydrogen-bond acceptors (Lipinski definition) is 4. The number of carbonyl (C=O) groups is 1. The number of primary amides is 1. The molecule has 2 fully saturated rings. The number of rotatable bonds is 6. The van der Waals surface area contributed by atoms with Gasteiger partial charge in [0.1, 0.15) is 5.82 Å². The van der Waals surface area contributed by atoms with E-state index in [-0.39, 0.29) is 17.9 Å². The SMILES string of the molecule is CCC/C=C1\C(C(N)=O)=C2CCCCC2=C(N2CCC(C)(CO)CC2)N1c1ccccc1C. The van der Waals surface area contributed by atoms with Gasteiger partial charge in [0.05, 0.1) is 17.0 Å². The lowest BCUT2D eigenvalue weighted by atomic mass is 9.79. The first-order chi connectivity index (χ1) is 15.9. The first-order valence-corrected chi connectivity index (χ1v) is 12.6. The molecule has 0 atom stereocenters. The Hall–Kier alpha value is -2.53. The van der Waals surface area contributed by atoms with Crippen LogP contribution in [0.15, 0.2) is 58.6 Å². The van der Waals surface area contributed by atoms with Crippen LogP contribution in [0.4, 0.5) is 5.69 Å². The average Bonchev–Trinajstić information content (AvgIpc) is 2.82. The maximum Gasteiger partial charge on any atom is 0.251 e. The van der Waals surface area contributed by atoms with Crippen molar-refractivity contribution in [1.82, 2.24) is 4.90 Å². The highest BCUT2D eigenvalue weighted by Gasteiger charge is 2.40. The number of carbonyl (C=O) groups excluding carboxylic acids is 1. The monoisotopic (exact) mass is 449 g/mol. The smallest absolute Gasteiger partial charge is 0.251 e. The zero-order chi connectivity index (χ0) is 23.6. The summed E-state index contributed by atoms with van der Waals surface area (Å²) in [6.45, 7) is 8.52. The summed E-state index contributed by atoms with van der Waals surface area (Å²) in [6.07, 6.45) is 10.1. The standard InChI is InChI=1S/C28H39N3O2/c1-4-5-13-24-25(26(29)33)21-11-7-8-12-22(21)27(30-17-15-28(3,19-32)16-18-30)31(24)23-14-9-6-10-20(23)2/h6,9-10,13-14,32H,4-5,7-8,11-12,15-19H2,1-3H3,(H2,29,33)/b24-13+. The van der Waals surface area contributed by atoms with Crippen molar-refractivity contribution in [2.75, 3.05) is 24.6 Å². The van der Waals surface area contributed by atoms with Gasteiger partial charge in [0, 0.05) is 19.7 Å². The fraction of sp³-hybridized carbons (Fsp3) is 0.536. The molecule has 1 saturated heterocycles. The zero-order valence-electron chi connectivity index (χ0n) is 20.5. The fourth-order valence-electron chi connectivity index (χ4n) is 5.50. The van der Waals surface area contributed by atoms with E-state index in [1.165, 1.54) is 17.0 Å². The van der Waals surface area contributed by atoms with Gasteiger partial charge in [0.2, 0.25) is 0 Å². The lowest BCUT2D eigenvalue weighted by molar-refractivity contribution is -0.114. The first-order valence-electron chi connectivity index (χ1n) is 12.6. The van der Waals surface area contributed by atoms with Crippen LogP contribution >= 0.6 is 0 Å². The second kappa shape index (κ2) is 9.76. The van der Waals surface area contributed by atoms with Crippen LogP contribution in [-0.4, -0.2) is 35.6 Å². The molecule has 3 aliphatic rings. The zero-order valence-corrected chi connectivity index (χ0v) is 20.5. The highest BCUT2D eigenvalue weighted by atomic mass is 16.3. The molecular weight excluding hydrogens is 410 g/mol. The molecule has 0 bridgehead atoms. The van der Waals surface area contributed by atoms with E-state index in [0.717, 1.165) is 81.4 Å². The molecule has 0 radical (unpaired) electrons. The molecule has 1 amide bonds. The van der Waals surface area contributed by atoms with Crippen molar-refractivity contribution >= 4 is 11.6 Å². The van der Waals surface area contributed by atoms with E-state index in [0.29, 0.717) is 5.57 Å². The number of unbranched alkanes of at least 4 members (excludes halogenated alkanes) is 1. The third-order valence-corrected chi connectivity index (χ3v) is 7.63. The lowest BCUT2D eigenvalue weighted by Crippen LogP contribution is -2.47. The van der Waals surface area contributed by atoms with Gasteiger partial charge in [-0.2, -0.15) is 0 Å². The number of nitrogens with zero attached hydrogens (tertiary/aromatic N) is 2. The van der Waals surface area contributed by atoms with Gasteiger partial charge < -0.3 is 15.7 Å². The third kappa shape index (κ3) is 4.48. The lowest BCUT2D eigenvalue weighted by Gasteiger charge is -2.48. The number of allylic oxidation sites excluding steroid dienone is 3. The molecule has 1 aromatic rings. The highest BCUT2D eigenvalue weighted by Crippen LogP contribution is 2.47. The van der Waals surface area contributed by atoms with E-state index in [1.807, 2.05) is 0 Å². The van der Waals surface area contributed by atoms with Crippen molar-refractivity contribution in [3.8, 4) is 0 Å². The van der Waals surface area contributed by atoms with Crippen LogP contribution < -0.4 is 10.6 Å². The number of aliphatic hydroxyl groups is 1. The summed E-state index contributed by atoms with van der Waals surface area (Å²) in [6, 6.07) is 8.43. The first kappa shape index (κ1) is 23.6. The molecule has 1 aromatic carbocycles. The van der Waals surface area contributed by atoms with Crippen LogP contribution in [-0.2, 0) is 4.79 Å². The number of fused-ring (bicyclic) bond motifs is 1. The largest absolute Gasteiger partial charge is 0.396 e. The number of aryl methyl sites for hydroxylation is 1. The normalized spacial score (nSPS) is 22.1. The number of benzene rings is 1. The number of para-hydroxylation sites is 1. The molecule has 5 heteroatoms. The molecular formula is C28H39N3O2. The Balaban J connectivity index is 1.93. The van der Waals surface area contributed by atoms with Gasteiger partial charge >= 0.3 is 0 Å². The number of likely N-dealkylation sites (tertiary alicyclic amines) is 1. The van der Waals surface area contributed by atoms with Crippen LogP contribution in [0.3, 0.4) is 0 Å². The minimum Gasteiger partial charge on any atom is -0.396 e. The van der Waals surface area contributed by atoms with Crippen molar-refractivity contribution in [2.45, 2.75) is 72.1 Å². The summed E-state index contributed by atoms with van der Waals surface area (Å²) < 4.78 is 0. The van der Waals surface area contributed by atoms with Crippen LogP contribution in [0.25, 0.3) is 0 Å². The maximum atomic E-state index is 12.9. The number of anilines is 1. The molecule has 33 heavy (non-hydrogen) atoms. The topological polar surface area (TPSA) is 69.8 Å². The Morgan fingerprint density at radius 3 is 2.42 bits per heavy atom. The van der Waals surface area contributed by atoms with Crippen LogP contribution in [0.1, 0.15) is 70.8 Å². The molecule has 1 aliphatic carbocycles. The Labute approximate surface area is 198 Å². The van der Waals surface area contributed by atoms with Gasteiger partial charge in [-0.1, -0.05) is 44.5 Å². The number of amides is 1. The molecule has 178 valence electrons. The van der Waals surface area contributed by atoms with Gasteiger partial charge in [0.25, 0.3) is 5.91 Å². The van der Waals surface area contributed by atoms with Crippen molar-refractivity contribution in [2.24, 2.45) is 11.1 Å². The second-order valence-electron chi connectivity index (χ2n) is 10.2. The minimum atomic E-state index is -0.323. The molecule has 4 rings (SSSR count). The Morgan fingerprint density at radius 1 is 1.15 bits per heavy atom. The average molecular weight is 450 g/mol. The van der Waals surface area contributed by atoms with Gasteiger partial charge in [-0.3, -0.25) is 9.69 Å². The van der Waals surface area contributed by atoms with Crippen molar-refractivity contribution in [1.29, 1.82) is 0 Å². The molecule has 3 N–H and O–H groups in total. The van der Waals surface area contributed by atoms with Gasteiger partial charge in [-0.05, 0) is 80.1 Å². The minimum absolute atomic E-state index is 0.0195. The van der Waals surface area contributed by atoms with E-state index in [2.05, 4.69) is 60.9 Å². The molecule has 0 aromatic heterocycles. The van der Waals surface area contributed by atoms with Crippen molar-refractivity contribution in [3.05, 3.63) is 64.1 Å². The molecule has 0 unspecified atom stereocenters. The van der Waals surface area contributed by atoms with Gasteiger partial charge in [-0.25, -0.2) is 0 Å². The summed E-state index contributed by atoms with van der Waals surface area (Å²) in [7, 11) is 0. The fourth-order valence-corrected chi connectivity index (χ4v) is 5.50. The molecule has 2 aliphatic heterocycles. The Bertz CT molecular complexity index is 996. The third-order valence-electron chi connectivity index (χ3n) is 7.63. The number of piperidine rings is 1. The van der Waals surface area contributed by atoms with E-state index in [4.69, 9.17) is 5.73 Å². The van der Waals surface area contributed by atoms with E-state index >= 15 is 0 Å². The van der Waals surface area contributed by atoms with E-state index in [9.17, 15) is 9.90 Å². The molecule has 5 nitrogen and oxygen atoms in total. The molecule has 1 saturated carbocycles. The van der Waals surface area contributed by atoms with E-state index < -0.39 is 0 Å². The summed E-state index contributed by atoms with van der Waals surface area (Å²) >= 11 is 0. The molecule has 2 heterocycles.